The first-order valence-corrected chi connectivity index (χ1v) is 6.51. The quantitative estimate of drug-likeness (QED) is 0.862. The molecular formula is C16H20FNO2. The molecule has 0 aliphatic carbocycles. The Labute approximate surface area is 119 Å². The molecule has 1 rings (SSSR count). The second-order valence-electron chi connectivity index (χ2n) is 5.18. The highest BCUT2D eigenvalue weighted by Crippen LogP contribution is 2.20. The van der Waals surface area contributed by atoms with E-state index < -0.39 is 5.82 Å². The van der Waals surface area contributed by atoms with Gasteiger partial charge in [-0.25, -0.2) is 4.39 Å². The minimum absolute atomic E-state index is 0.174. The Kier molecular flexibility index (Phi) is 5.29. The Balaban J connectivity index is 3.04. The van der Waals surface area contributed by atoms with Crippen molar-refractivity contribution in [2.45, 2.75) is 32.7 Å². The van der Waals surface area contributed by atoms with Gasteiger partial charge in [-0.05, 0) is 38.5 Å². The van der Waals surface area contributed by atoms with Crippen LogP contribution in [0.4, 0.5) is 4.39 Å². The summed E-state index contributed by atoms with van der Waals surface area (Å²) in [6, 6.07) is 4.19. The summed E-state index contributed by atoms with van der Waals surface area (Å²) in [6.45, 7) is 5.59. The summed E-state index contributed by atoms with van der Waals surface area (Å²) in [5.74, 6) is 4.10. The summed E-state index contributed by atoms with van der Waals surface area (Å²) < 4.78 is 13.8. The molecule has 108 valence electrons. The van der Waals surface area contributed by atoms with Crippen LogP contribution in [-0.2, 0) is 0 Å². The zero-order valence-electron chi connectivity index (χ0n) is 12.3. The molecule has 1 amide bonds. The molecule has 1 N–H and O–H groups in total. The molecule has 0 radical (unpaired) electrons. The van der Waals surface area contributed by atoms with Crippen molar-refractivity contribution >= 4 is 5.91 Å². The number of rotatable bonds is 3. The van der Waals surface area contributed by atoms with Gasteiger partial charge in [-0.1, -0.05) is 18.8 Å². The molecule has 1 aromatic carbocycles. The average Bonchev–Trinajstić information content (AvgIpc) is 2.44. The van der Waals surface area contributed by atoms with Crippen molar-refractivity contribution in [3.63, 3.8) is 0 Å². The minimum Gasteiger partial charge on any atom is -0.384 e. The van der Waals surface area contributed by atoms with Crippen molar-refractivity contribution < 1.29 is 14.3 Å². The maximum Gasteiger partial charge on any atom is 0.254 e. The van der Waals surface area contributed by atoms with Crippen LogP contribution in [0.1, 0.15) is 43.1 Å². The first-order valence-electron chi connectivity index (χ1n) is 6.51. The summed E-state index contributed by atoms with van der Waals surface area (Å²) in [5, 5.41) is 8.59. The van der Waals surface area contributed by atoms with E-state index in [-0.39, 0.29) is 23.6 Å². The van der Waals surface area contributed by atoms with Gasteiger partial charge in [0.2, 0.25) is 0 Å². The third-order valence-electron chi connectivity index (χ3n) is 3.60. The van der Waals surface area contributed by atoms with E-state index in [0.29, 0.717) is 5.56 Å². The predicted molar refractivity (Wildman–Crippen MR) is 76.8 cm³/mol. The van der Waals surface area contributed by atoms with Crippen molar-refractivity contribution in [2.24, 2.45) is 0 Å². The Hall–Kier alpha value is -1.86. The van der Waals surface area contributed by atoms with Gasteiger partial charge in [0.1, 0.15) is 12.4 Å². The molecule has 0 aliphatic rings. The van der Waals surface area contributed by atoms with Crippen molar-refractivity contribution in [3.05, 3.63) is 35.1 Å². The third-order valence-corrected chi connectivity index (χ3v) is 3.60. The van der Waals surface area contributed by atoms with Crippen LogP contribution in [0, 0.1) is 17.7 Å². The lowest BCUT2D eigenvalue weighted by Crippen LogP contribution is -2.44. The van der Waals surface area contributed by atoms with Crippen LogP contribution in [0.15, 0.2) is 18.2 Å². The molecule has 0 bridgehead atoms. The fourth-order valence-corrected chi connectivity index (χ4v) is 1.59. The standard InChI is InChI=1S/C16H20FNO2/c1-5-16(2,3)18(4)15(20)13-9-8-12(7-6-10-19)14(17)11-13/h8-9,11,19H,5,10H2,1-4H3. The molecule has 0 heterocycles. The number of amides is 1. The molecule has 0 atom stereocenters. The highest BCUT2D eigenvalue weighted by Gasteiger charge is 2.26. The Morgan fingerprint density at radius 1 is 1.45 bits per heavy atom. The Morgan fingerprint density at radius 3 is 2.60 bits per heavy atom. The maximum atomic E-state index is 13.8. The number of hydrogen-bond donors (Lipinski definition) is 1. The lowest BCUT2D eigenvalue weighted by molar-refractivity contribution is 0.0619. The van der Waals surface area contributed by atoms with Crippen LogP contribution in [-0.4, -0.2) is 35.1 Å². The maximum absolute atomic E-state index is 13.8. The molecule has 4 heteroatoms. The first-order chi connectivity index (χ1) is 9.33. The van der Waals surface area contributed by atoms with E-state index in [1.54, 1.807) is 18.0 Å². The Morgan fingerprint density at radius 2 is 2.10 bits per heavy atom. The van der Waals surface area contributed by atoms with Gasteiger partial charge in [0.25, 0.3) is 5.91 Å². The second kappa shape index (κ2) is 6.53. The minimum atomic E-state index is -0.556. The second-order valence-corrected chi connectivity index (χ2v) is 5.18. The van der Waals surface area contributed by atoms with Crippen LogP contribution < -0.4 is 0 Å². The summed E-state index contributed by atoms with van der Waals surface area (Å²) in [5.41, 5.74) is 0.178. The van der Waals surface area contributed by atoms with Gasteiger partial charge in [0.05, 0.1) is 5.56 Å². The largest absolute Gasteiger partial charge is 0.384 e. The lowest BCUT2D eigenvalue weighted by Gasteiger charge is -2.35. The molecule has 0 spiro atoms. The smallest absolute Gasteiger partial charge is 0.254 e. The molecule has 0 aromatic heterocycles. The van der Waals surface area contributed by atoms with E-state index in [9.17, 15) is 9.18 Å². The molecule has 0 saturated carbocycles. The number of hydrogen-bond acceptors (Lipinski definition) is 2. The van der Waals surface area contributed by atoms with Gasteiger partial charge in [-0.2, -0.15) is 0 Å². The zero-order chi connectivity index (χ0) is 15.3. The molecule has 0 unspecified atom stereocenters. The van der Waals surface area contributed by atoms with Crippen molar-refractivity contribution in [1.29, 1.82) is 0 Å². The summed E-state index contributed by atoms with van der Waals surface area (Å²) in [4.78, 5) is 13.9. The van der Waals surface area contributed by atoms with Crippen molar-refractivity contribution in [2.75, 3.05) is 13.7 Å². The van der Waals surface area contributed by atoms with E-state index in [2.05, 4.69) is 11.8 Å². The molecule has 0 saturated heterocycles. The predicted octanol–water partition coefficient (Wildman–Crippen LogP) is 2.43. The van der Waals surface area contributed by atoms with E-state index >= 15 is 0 Å². The number of nitrogens with zero attached hydrogens (tertiary/aromatic N) is 1. The normalized spacial score (nSPS) is 10.7. The van der Waals surface area contributed by atoms with Crippen LogP contribution in [0.25, 0.3) is 0 Å². The summed E-state index contributed by atoms with van der Waals surface area (Å²) >= 11 is 0. The number of carbonyl (C=O) groups excluding carboxylic acids is 1. The van der Waals surface area contributed by atoms with Crippen molar-refractivity contribution in [1.82, 2.24) is 4.90 Å². The highest BCUT2D eigenvalue weighted by molar-refractivity contribution is 5.94. The molecule has 0 fully saturated rings. The van der Waals surface area contributed by atoms with Gasteiger partial charge < -0.3 is 10.0 Å². The van der Waals surface area contributed by atoms with Crippen molar-refractivity contribution in [3.8, 4) is 11.8 Å². The number of aliphatic hydroxyl groups excluding tert-OH is 1. The highest BCUT2D eigenvalue weighted by atomic mass is 19.1. The monoisotopic (exact) mass is 277 g/mol. The van der Waals surface area contributed by atoms with E-state index in [0.717, 1.165) is 6.42 Å². The van der Waals surface area contributed by atoms with E-state index in [1.165, 1.54) is 12.1 Å². The fourth-order valence-electron chi connectivity index (χ4n) is 1.59. The van der Waals surface area contributed by atoms with E-state index in [1.807, 2.05) is 20.8 Å². The van der Waals surface area contributed by atoms with Gasteiger partial charge in [-0.3, -0.25) is 4.79 Å². The van der Waals surface area contributed by atoms with Gasteiger partial charge in [0, 0.05) is 18.2 Å². The molecule has 20 heavy (non-hydrogen) atoms. The number of carbonyl (C=O) groups is 1. The summed E-state index contributed by atoms with van der Waals surface area (Å²) in [6.07, 6.45) is 0.803. The van der Waals surface area contributed by atoms with E-state index in [4.69, 9.17) is 5.11 Å². The fraction of sp³-hybridized carbons (Fsp3) is 0.438. The van der Waals surface area contributed by atoms with Crippen LogP contribution in [0.2, 0.25) is 0 Å². The van der Waals surface area contributed by atoms with Gasteiger partial charge in [0.15, 0.2) is 0 Å². The number of halogens is 1. The molecule has 1 aromatic rings. The van der Waals surface area contributed by atoms with Gasteiger partial charge >= 0.3 is 0 Å². The molecule has 0 aliphatic heterocycles. The van der Waals surface area contributed by atoms with Gasteiger partial charge in [-0.15, -0.1) is 0 Å². The number of benzene rings is 1. The van der Waals surface area contributed by atoms with Crippen LogP contribution in [0.5, 0.6) is 0 Å². The average molecular weight is 277 g/mol. The molecular weight excluding hydrogens is 257 g/mol. The number of aliphatic hydroxyl groups is 1. The van der Waals surface area contributed by atoms with Crippen LogP contribution in [0.3, 0.4) is 0 Å². The first kappa shape index (κ1) is 16.2. The SMILES string of the molecule is CCC(C)(C)N(C)C(=O)c1ccc(C#CCO)c(F)c1. The Bertz CT molecular complexity index is 555. The topological polar surface area (TPSA) is 40.5 Å². The zero-order valence-corrected chi connectivity index (χ0v) is 12.3. The summed E-state index contributed by atoms with van der Waals surface area (Å²) in [7, 11) is 1.71. The van der Waals surface area contributed by atoms with Crippen LogP contribution >= 0.6 is 0 Å². The third kappa shape index (κ3) is 3.58. The lowest BCUT2D eigenvalue weighted by atomic mass is 9.98. The molecule has 3 nitrogen and oxygen atoms in total.